The van der Waals surface area contributed by atoms with E-state index in [0.717, 1.165) is 89.9 Å². The molecule has 0 amide bonds. The largest absolute Gasteiger partial charge is 0.756 e. The summed E-state index contributed by atoms with van der Waals surface area (Å²) in [6.45, 7) is 4.11. The second kappa shape index (κ2) is 47.5. The first kappa shape index (κ1) is 63.5. The number of hydrogen-bond acceptors (Lipinski definition) is 8. The molecule has 2 atom stereocenters. The number of nitrogens with zero attached hydrogens (tertiary/aromatic N) is 1. The molecule has 0 spiro atoms. The van der Waals surface area contributed by atoms with Gasteiger partial charge in [0.25, 0.3) is 7.82 Å². The Morgan fingerprint density at radius 1 is 0.485 bits per heavy atom. The SMILES string of the molecule is CC/C=C\C/C=C\C/C=C\C/C=C\C/C=C\CCCCCCCCCCCC(=O)OC(COC(=O)CCCCCCCCC/C=C\CCCCCCCC)COP(=O)([O-])OCC[N+](C)(C)C. The predicted octanol–water partition coefficient (Wildman–Crippen LogP) is 15.5. The quantitative estimate of drug-likeness (QED) is 0.0195. The average Bonchev–Trinajstić information content (AvgIpc) is 3.27. The second-order valence-corrected chi connectivity index (χ2v) is 20.3. The van der Waals surface area contributed by atoms with Crippen molar-refractivity contribution in [2.75, 3.05) is 47.5 Å². The summed E-state index contributed by atoms with van der Waals surface area (Å²) in [6, 6.07) is 0. The minimum atomic E-state index is -4.64. The van der Waals surface area contributed by atoms with E-state index >= 15 is 0 Å². The van der Waals surface area contributed by atoms with E-state index in [2.05, 4.69) is 86.8 Å². The van der Waals surface area contributed by atoms with E-state index in [0.29, 0.717) is 17.4 Å². The minimum Gasteiger partial charge on any atom is -0.756 e. The number of rotatable bonds is 48. The van der Waals surface area contributed by atoms with Gasteiger partial charge in [0.1, 0.15) is 19.8 Å². The topological polar surface area (TPSA) is 111 Å². The van der Waals surface area contributed by atoms with Gasteiger partial charge in [-0.15, -0.1) is 0 Å². The van der Waals surface area contributed by atoms with Crippen molar-refractivity contribution in [3.8, 4) is 0 Å². The summed E-state index contributed by atoms with van der Waals surface area (Å²) in [5.41, 5.74) is 0. The molecule has 0 radical (unpaired) electrons. The Morgan fingerprint density at radius 2 is 0.864 bits per heavy atom. The number of esters is 2. The van der Waals surface area contributed by atoms with Gasteiger partial charge in [0.15, 0.2) is 6.10 Å². The molecule has 0 aromatic carbocycles. The second-order valence-electron chi connectivity index (χ2n) is 18.9. The van der Waals surface area contributed by atoms with Crippen LogP contribution in [0.3, 0.4) is 0 Å². The number of ether oxygens (including phenoxy) is 2. The van der Waals surface area contributed by atoms with Crippen molar-refractivity contribution in [1.82, 2.24) is 0 Å². The molecule has 0 aliphatic heterocycles. The van der Waals surface area contributed by atoms with Crippen LogP contribution < -0.4 is 4.89 Å². The Morgan fingerprint density at radius 3 is 1.30 bits per heavy atom. The van der Waals surface area contributed by atoms with Crippen LogP contribution in [0, 0.1) is 0 Å². The number of carbonyl (C=O) groups is 2. The molecule has 0 aromatic heterocycles. The molecular weight excluding hydrogens is 846 g/mol. The van der Waals surface area contributed by atoms with Gasteiger partial charge in [0, 0.05) is 12.8 Å². The molecule has 0 heterocycles. The molecule has 66 heavy (non-hydrogen) atoms. The molecule has 0 aromatic rings. The molecule has 9 nitrogen and oxygen atoms in total. The molecule has 0 saturated heterocycles. The van der Waals surface area contributed by atoms with E-state index in [1.165, 1.54) is 96.3 Å². The molecule has 0 fully saturated rings. The molecule has 382 valence electrons. The smallest absolute Gasteiger partial charge is 0.306 e. The van der Waals surface area contributed by atoms with Gasteiger partial charge < -0.3 is 27.9 Å². The zero-order chi connectivity index (χ0) is 48.5. The normalized spacial score (nSPS) is 14.0. The number of phosphoric ester groups is 1. The fourth-order valence-corrected chi connectivity index (χ4v) is 7.82. The molecule has 10 heteroatoms. The van der Waals surface area contributed by atoms with Crippen molar-refractivity contribution in [3.63, 3.8) is 0 Å². The predicted molar refractivity (Wildman–Crippen MR) is 277 cm³/mol. The highest BCUT2D eigenvalue weighted by atomic mass is 31.2. The Kier molecular flexibility index (Phi) is 45.7. The molecule has 0 saturated carbocycles. The molecule has 2 unspecified atom stereocenters. The Balaban J connectivity index is 4.25. The Bertz CT molecular complexity index is 1350. The third-order valence-corrected chi connectivity index (χ3v) is 12.2. The van der Waals surface area contributed by atoms with Crippen molar-refractivity contribution in [3.05, 3.63) is 72.9 Å². The standard InChI is InChI=1S/C56H100NO8P/c1-6-8-10-12-14-16-18-20-22-24-25-26-27-28-29-30-31-33-35-37-39-41-43-45-47-49-56(59)65-54(53-64-66(60,61)63-51-50-57(3,4)5)52-62-55(58)48-46-44-42-40-38-36-34-32-23-21-19-17-15-13-11-9-7-2/h8,10,14,16,20-23,25-26,28-29,54H,6-7,9,11-13,15,17-19,24,27,30-53H2,1-5H3/b10-8-,16-14-,22-20-,23-21-,26-25-,29-28-. The lowest BCUT2D eigenvalue weighted by Crippen LogP contribution is -2.37. The number of likely N-dealkylation sites (N-methyl/N-ethyl adjacent to an activating group) is 1. The van der Waals surface area contributed by atoms with E-state index in [9.17, 15) is 19.0 Å². The minimum absolute atomic E-state index is 0.0355. The summed E-state index contributed by atoms with van der Waals surface area (Å²) >= 11 is 0. The summed E-state index contributed by atoms with van der Waals surface area (Å²) in [4.78, 5) is 37.8. The van der Waals surface area contributed by atoms with Gasteiger partial charge in [0.2, 0.25) is 0 Å². The highest BCUT2D eigenvalue weighted by molar-refractivity contribution is 7.45. The van der Waals surface area contributed by atoms with Gasteiger partial charge in [-0.1, -0.05) is 196 Å². The van der Waals surface area contributed by atoms with E-state index in [-0.39, 0.29) is 26.1 Å². The van der Waals surface area contributed by atoms with Crippen LogP contribution in [0.1, 0.15) is 219 Å². The highest BCUT2D eigenvalue weighted by Gasteiger charge is 2.21. The van der Waals surface area contributed by atoms with Crippen LogP contribution in [0.5, 0.6) is 0 Å². The number of hydrogen-bond donors (Lipinski definition) is 0. The van der Waals surface area contributed by atoms with Crippen molar-refractivity contribution in [1.29, 1.82) is 0 Å². The Labute approximate surface area is 406 Å². The maximum absolute atomic E-state index is 12.8. The lowest BCUT2D eigenvalue weighted by Gasteiger charge is -2.28. The first-order chi connectivity index (χ1) is 32.0. The third-order valence-electron chi connectivity index (χ3n) is 11.2. The molecule has 0 aliphatic rings. The summed E-state index contributed by atoms with van der Waals surface area (Å²) in [5, 5.41) is 0. The number of quaternary nitrogens is 1. The van der Waals surface area contributed by atoms with Crippen LogP contribution in [0.2, 0.25) is 0 Å². The average molecular weight is 946 g/mol. The number of carbonyl (C=O) groups excluding carboxylic acids is 2. The van der Waals surface area contributed by atoms with E-state index < -0.39 is 32.5 Å². The maximum Gasteiger partial charge on any atom is 0.306 e. The van der Waals surface area contributed by atoms with Crippen molar-refractivity contribution in [2.45, 2.75) is 225 Å². The van der Waals surface area contributed by atoms with Crippen LogP contribution in [0.15, 0.2) is 72.9 Å². The molecular formula is C56H100NO8P. The van der Waals surface area contributed by atoms with E-state index in [1.54, 1.807) is 0 Å². The van der Waals surface area contributed by atoms with E-state index in [1.807, 2.05) is 21.1 Å². The van der Waals surface area contributed by atoms with Gasteiger partial charge >= 0.3 is 11.9 Å². The zero-order valence-electron chi connectivity index (χ0n) is 43.1. The van der Waals surface area contributed by atoms with Gasteiger partial charge in [-0.05, 0) is 83.5 Å². The van der Waals surface area contributed by atoms with Crippen LogP contribution in [0.25, 0.3) is 0 Å². The number of unbranched alkanes of at least 4 members (excludes halogenated alkanes) is 22. The molecule has 0 bridgehead atoms. The summed E-state index contributed by atoms with van der Waals surface area (Å²) in [5.74, 6) is -0.846. The first-order valence-electron chi connectivity index (χ1n) is 26.6. The Hall–Kier alpha value is -2.55. The summed E-state index contributed by atoms with van der Waals surface area (Å²) in [7, 11) is 1.15. The monoisotopic (exact) mass is 946 g/mol. The highest BCUT2D eigenvalue weighted by Crippen LogP contribution is 2.38. The lowest BCUT2D eigenvalue weighted by molar-refractivity contribution is -0.870. The number of phosphoric acid groups is 1. The van der Waals surface area contributed by atoms with Crippen molar-refractivity contribution in [2.24, 2.45) is 0 Å². The lowest BCUT2D eigenvalue weighted by atomic mass is 10.1. The zero-order valence-corrected chi connectivity index (χ0v) is 44.0. The summed E-state index contributed by atoms with van der Waals surface area (Å²) < 4.78 is 34.1. The van der Waals surface area contributed by atoms with Crippen LogP contribution in [-0.2, 0) is 32.7 Å². The number of allylic oxidation sites excluding steroid dienone is 12. The summed E-state index contributed by atoms with van der Waals surface area (Å²) in [6.07, 6.45) is 60.7. The van der Waals surface area contributed by atoms with Gasteiger partial charge in [-0.3, -0.25) is 14.2 Å². The van der Waals surface area contributed by atoms with Crippen LogP contribution >= 0.6 is 7.82 Å². The maximum atomic E-state index is 12.8. The molecule has 0 rings (SSSR count). The van der Waals surface area contributed by atoms with Crippen molar-refractivity contribution >= 4 is 19.8 Å². The van der Waals surface area contributed by atoms with Crippen LogP contribution in [-0.4, -0.2) is 70.0 Å². The third kappa shape index (κ3) is 50.9. The van der Waals surface area contributed by atoms with Gasteiger partial charge in [-0.25, -0.2) is 0 Å². The molecule has 0 N–H and O–H groups in total. The van der Waals surface area contributed by atoms with Crippen molar-refractivity contribution < 1.29 is 42.1 Å². The van der Waals surface area contributed by atoms with E-state index in [4.69, 9.17) is 18.5 Å². The van der Waals surface area contributed by atoms with Gasteiger partial charge in [-0.2, -0.15) is 0 Å². The van der Waals surface area contributed by atoms with Crippen LogP contribution in [0.4, 0.5) is 0 Å². The fraction of sp³-hybridized carbons (Fsp3) is 0.750. The van der Waals surface area contributed by atoms with Gasteiger partial charge in [0.05, 0.1) is 27.7 Å². The first-order valence-corrected chi connectivity index (χ1v) is 28.1. The molecule has 0 aliphatic carbocycles. The fourth-order valence-electron chi connectivity index (χ4n) is 7.09.